The molecular weight excluding hydrogens is 432 g/mol. The number of hydrogen-bond acceptors (Lipinski definition) is 5. The highest BCUT2D eigenvalue weighted by Crippen LogP contribution is 2.29. The molecule has 2 heterocycles. The number of benzene rings is 3. The van der Waals surface area contributed by atoms with Gasteiger partial charge < -0.3 is 10.6 Å². The Kier molecular flexibility index (Phi) is 5.54. The molecule has 0 aliphatic carbocycles. The van der Waals surface area contributed by atoms with Crippen LogP contribution in [0.4, 0.5) is 10.8 Å². The molecule has 3 aromatic carbocycles. The smallest absolute Gasteiger partial charge is 0.256 e. The summed E-state index contributed by atoms with van der Waals surface area (Å²) < 4.78 is 0.931. The third-order valence-corrected chi connectivity index (χ3v) is 6.20. The van der Waals surface area contributed by atoms with Gasteiger partial charge in [0.1, 0.15) is 0 Å². The third-order valence-electron chi connectivity index (χ3n) is 5.24. The van der Waals surface area contributed by atoms with Crippen LogP contribution in [0.5, 0.6) is 0 Å². The number of nitrogens with one attached hydrogen (secondary N) is 2. The predicted molar refractivity (Wildman–Crippen MR) is 134 cm³/mol. The van der Waals surface area contributed by atoms with E-state index < -0.39 is 0 Å². The summed E-state index contributed by atoms with van der Waals surface area (Å²) in [5.74, 6) is -0.304. The van der Waals surface area contributed by atoms with E-state index >= 15 is 0 Å². The Morgan fingerprint density at radius 1 is 0.848 bits per heavy atom. The zero-order valence-electron chi connectivity index (χ0n) is 17.8. The lowest BCUT2D eigenvalue weighted by molar-refractivity contribution is -0.115. The van der Waals surface area contributed by atoms with Crippen molar-refractivity contribution in [3.8, 4) is 11.3 Å². The lowest BCUT2D eigenvalue weighted by Crippen LogP contribution is -2.13. The first-order valence-corrected chi connectivity index (χ1v) is 11.4. The van der Waals surface area contributed by atoms with Gasteiger partial charge >= 0.3 is 0 Å². The van der Waals surface area contributed by atoms with Gasteiger partial charge in [0.2, 0.25) is 5.91 Å². The number of pyridine rings is 1. The number of thiazole rings is 1. The Morgan fingerprint density at radius 2 is 1.64 bits per heavy atom. The second-order valence-corrected chi connectivity index (χ2v) is 8.53. The molecule has 5 rings (SSSR count). The van der Waals surface area contributed by atoms with Gasteiger partial charge in [-0.25, -0.2) is 9.97 Å². The highest BCUT2D eigenvalue weighted by molar-refractivity contribution is 7.22. The quantitative estimate of drug-likeness (QED) is 0.337. The number of aromatic nitrogens is 2. The van der Waals surface area contributed by atoms with Crippen LogP contribution < -0.4 is 10.6 Å². The van der Waals surface area contributed by atoms with Crippen LogP contribution >= 0.6 is 11.3 Å². The first-order chi connectivity index (χ1) is 16.1. The number of fused-ring (bicyclic) bond motifs is 2. The van der Waals surface area contributed by atoms with Crippen molar-refractivity contribution in [3.05, 3.63) is 84.4 Å². The number of hydrogen-bond donors (Lipinski definition) is 2. The lowest BCUT2D eigenvalue weighted by atomic mass is 10.0. The molecule has 33 heavy (non-hydrogen) atoms. The van der Waals surface area contributed by atoms with Crippen molar-refractivity contribution >= 4 is 55.1 Å². The van der Waals surface area contributed by atoms with E-state index in [1.807, 2.05) is 78.9 Å². The first-order valence-electron chi connectivity index (χ1n) is 10.6. The Labute approximate surface area is 194 Å². The molecule has 0 radical (unpaired) electrons. The average Bonchev–Trinajstić information content (AvgIpc) is 3.25. The Morgan fingerprint density at radius 3 is 2.45 bits per heavy atom. The van der Waals surface area contributed by atoms with Crippen LogP contribution in [-0.4, -0.2) is 21.8 Å². The molecule has 162 valence electrons. The van der Waals surface area contributed by atoms with Crippen molar-refractivity contribution in [2.75, 3.05) is 10.6 Å². The number of nitrogens with zero attached hydrogens (tertiary/aromatic N) is 2. The molecule has 0 aliphatic rings. The summed E-state index contributed by atoms with van der Waals surface area (Å²) in [6.07, 6.45) is 0.391. The molecule has 0 aliphatic heterocycles. The van der Waals surface area contributed by atoms with Gasteiger partial charge in [-0.15, -0.1) is 0 Å². The molecule has 0 saturated heterocycles. The zero-order valence-corrected chi connectivity index (χ0v) is 18.6. The largest absolute Gasteiger partial charge is 0.322 e. The molecule has 0 atom stereocenters. The summed E-state index contributed by atoms with van der Waals surface area (Å²) in [5, 5.41) is 7.11. The molecule has 7 heteroatoms. The molecule has 2 amide bonds. The summed E-state index contributed by atoms with van der Waals surface area (Å²) in [7, 11) is 0. The number of anilines is 2. The van der Waals surface area contributed by atoms with Crippen LogP contribution in [0, 0.1) is 0 Å². The minimum Gasteiger partial charge on any atom is -0.322 e. The molecule has 2 aromatic heterocycles. The average molecular weight is 453 g/mol. The van der Waals surface area contributed by atoms with Crippen LogP contribution in [0.1, 0.15) is 23.7 Å². The van der Waals surface area contributed by atoms with Crippen LogP contribution in [0.2, 0.25) is 0 Å². The normalized spacial score (nSPS) is 10.9. The minimum atomic E-state index is -0.222. The van der Waals surface area contributed by atoms with Crippen LogP contribution in [0.3, 0.4) is 0 Å². The fraction of sp³-hybridized carbons (Fsp3) is 0.0769. The maximum atomic E-state index is 13.3. The van der Waals surface area contributed by atoms with Crippen LogP contribution in [0.25, 0.3) is 32.4 Å². The van der Waals surface area contributed by atoms with Gasteiger partial charge in [-0.1, -0.05) is 66.8 Å². The molecule has 0 unspecified atom stereocenters. The maximum Gasteiger partial charge on any atom is 0.256 e. The lowest BCUT2D eigenvalue weighted by Gasteiger charge is -2.11. The molecule has 2 N–H and O–H groups in total. The van der Waals surface area contributed by atoms with Crippen LogP contribution in [-0.2, 0) is 4.79 Å². The molecule has 0 fully saturated rings. The summed E-state index contributed by atoms with van der Waals surface area (Å²) in [5.41, 5.74) is 4.35. The molecule has 0 saturated carbocycles. The summed E-state index contributed by atoms with van der Waals surface area (Å²) in [4.78, 5) is 34.2. The molecule has 0 spiro atoms. The van der Waals surface area contributed by atoms with E-state index in [0.29, 0.717) is 28.3 Å². The monoisotopic (exact) mass is 452 g/mol. The van der Waals surface area contributed by atoms with E-state index in [1.165, 1.54) is 11.3 Å². The summed E-state index contributed by atoms with van der Waals surface area (Å²) >= 11 is 1.40. The van der Waals surface area contributed by atoms with E-state index in [9.17, 15) is 9.59 Å². The van der Waals surface area contributed by atoms with Gasteiger partial charge in [-0.05, 0) is 30.3 Å². The van der Waals surface area contributed by atoms with Crippen molar-refractivity contribution < 1.29 is 9.59 Å². The standard InChI is InChI=1S/C26H20N4O2S/c1-2-24(31)30-26-29-22-14-17(12-13-23(22)33-26)27-25(32)19-15-21(16-8-4-3-5-9-16)28-20-11-7-6-10-18(19)20/h3-15H,2H2,1H3,(H,27,32)(H,29,30,31). The van der Waals surface area contributed by atoms with Crippen LogP contribution in [0.15, 0.2) is 78.9 Å². The number of carbonyl (C=O) groups excluding carboxylic acids is 2. The van der Waals surface area contributed by atoms with E-state index in [-0.39, 0.29) is 11.8 Å². The Balaban J connectivity index is 1.48. The number of carbonyl (C=O) groups is 2. The van der Waals surface area contributed by atoms with Crippen molar-refractivity contribution in [2.45, 2.75) is 13.3 Å². The SMILES string of the molecule is CCC(=O)Nc1nc2cc(NC(=O)c3cc(-c4ccccc4)nc4ccccc34)ccc2s1. The second kappa shape index (κ2) is 8.80. The Hall–Kier alpha value is -4.10. The number of amides is 2. The van der Waals surface area contributed by atoms with E-state index in [1.54, 1.807) is 6.92 Å². The number of rotatable bonds is 5. The van der Waals surface area contributed by atoms with Gasteiger partial charge in [-0.2, -0.15) is 0 Å². The van der Waals surface area contributed by atoms with Gasteiger partial charge in [-0.3, -0.25) is 9.59 Å². The third kappa shape index (κ3) is 4.31. The van der Waals surface area contributed by atoms with Gasteiger partial charge in [0.15, 0.2) is 5.13 Å². The van der Waals surface area contributed by atoms with E-state index in [0.717, 1.165) is 26.9 Å². The molecule has 0 bridgehead atoms. The topological polar surface area (TPSA) is 84.0 Å². The van der Waals surface area contributed by atoms with Crippen molar-refractivity contribution in [1.82, 2.24) is 9.97 Å². The molecule has 5 aromatic rings. The first kappa shape index (κ1) is 20.8. The fourth-order valence-corrected chi connectivity index (χ4v) is 4.45. The van der Waals surface area contributed by atoms with Crippen molar-refractivity contribution in [2.24, 2.45) is 0 Å². The predicted octanol–water partition coefficient (Wildman–Crippen LogP) is 6.11. The molecular formula is C26H20N4O2S. The van der Waals surface area contributed by atoms with Gasteiger partial charge in [0.25, 0.3) is 5.91 Å². The minimum absolute atomic E-state index is 0.0821. The summed E-state index contributed by atoms with van der Waals surface area (Å²) in [6.45, 7) is 1.79. The van der Waals surface area contributed by atoms with E-state index in [2.05, 4.69) is 15.6 Å². The van der Waals surface area contributed by atoms with Crippen molar-refractivity contribution in [3.63, 3.8) is 0 Å². The van der Waals surface area contributed by atoms with Crippen molar-refractivity contribution in [1.29, 1.82) is 0 Å². The Bertz CT molecular complexity index is 1490. The zero-order chi connectivity index (χ0) is 22.8. The second-order valence-electron chi connectivity index (χ2n) is 7.50. The maximum absolute atomic E-state index is 13.3. The van der Waals surface area contributed by atoms with E-state index in [4.69, 9.17) is 4.98 Å². The fourth-order valence-electron chi connectivity index (χ4n) is 3.58. The summed E-state index contributed by atoms with van der Waals surface area (Å²) in [6, 6.07) is 24.8. The highest BCUT2D eigenvalue weighted by atomic mass is 32.1. The molecule has 6 nitrogen and oxygen atoms in total. The van der Waals surface area contributed by atoms with Gasteiger partial charge in [0.05, 0.1) is 27.0 Å². The van der Waals surface area contributed by atoms with Gasteiger partial charge in [0, 0.05) is 23.1 Å². The highest BCUT2D eigenvalue weighted by Gasteiger charge is 2.15. The number of para-hydroxylation sites is 1.